The number of halogens is 2. The summed E-state index contributed by atoms with van der Waals surface area (Å²) in [7, 11) is -1.62. The lowest BCUT2D eigenvalue weighted by molar-refractivity contribution is -0.131. The molecule has 0 fully saturated rings. The summed E-state index contributed by atoms with van der Waals surface area (Å²) in [5.41, 5.74) is -0.395. The fraction of sp³-hybridized carbons (Fsp3) is 0.417. The zero-order valence-electron chi connectivity index (χ0n) is 10.5. The van der Waals surface area contributed by atoms with E-state index in [4.69, 9.17) is 23.2 Å². The number of anilines is 1. The average molecular weight is 304 g/mol. The van der Waals surface area contributed by atoms with Crippen LogP contribution in [0.25, 0.3) is 0 Å². The maximum atomic E-state index is 12.0. The van der Waals surface area contributed by atoms with Gasteiger partial charge in [0.15, 0.2) is 5.60 Å². The quantitative estimate of drug-likeness (QED) is 0.822. The van der Waals surface area contributed by atoms with Gasteiger partial charge < -0.3 is 10.4 Å². The van der Waals surface area contributed by atoms with Gasteiger partial charge in [-0.25, -0.2) is 0 Å². The highest BCUT2D eigenvalue weighted by molar-refractivity contribution is 6.76. The number of hydrogen-bond acceptors (Lipinski definition) is 2. The van der Waals surface area contributed by atoms with Gasteiger partial charge in [0, 0.05) is 19.3 Å². The number of aliphatic hydroxyl groups is 1. The molecule has 1 aliphatic heterocycles. The van der Waals surface area contributed by atoms with Gasteiger partial charge in [0.1, 0.15) is 0 Å². The van der Waals surface area contributed by atoms with Crippen molar-refractivity contribution in [1.29, 1.82) is 0 Å². The molecule has 1 atom stereocenters. The fourth-order valence-corrected chi connectivity index (χ4v) is 4.50. The van der Waals surface area contributed by atoms with Gasteiger partial charge in [-0.3, -0.25) is 4.79 Å². The Hall–Kier alpha value is -0.553. The summed E-state index contributed by atoms with van der Waals surface area (Å²) in [4.78, 5) is 12.0. The lowest BCUT2D eigenvalue weighted by Crippen LogP contribution is -2.41. The van der Waals surface area contributed by atoms with Crippen molar-refractivity contribution in [2.24, 2.45) is 0 Å². The number of nitrogens with one attached hydrogen (secondary N) is 1. The zero-order chi connectivity index (χ0) is 13.7. The molecule has 98 valence electrons. The first-order valence-corrected chi connectivity index (χ1v) is 10.1. The van der Waals surface area contributed by atoms with Crippen molar-refractivity contribution >= 4 is 42.9 Å². The summed E-state index contributed by atoms with van der Waals surface area (Å²) in [6, 6.07) is 3.62. The van der Waals surface area contributed by atoms with Crippen molar-refractivity contribution in [1.82, 2.24) is 0 Å². The summed E-state index contributed by atoms with van der Waals surface area (Å²) >= 11 is 11.9. The van der Waals surface area contributed by atoms with Crippen LogP contribution in [0.3, 0.4) is 0 Å². The van der Waals surface area contributed by atoms with Crippen molar-refractivity contribution in [3.8, 4) is 0 Å². The number of hydrogen-bond donors (Lipinski definition) is 2. The Morgan fingerprint density at radius 2 is 1.83 bits per heavy atom. The van der Waals surface area contributed by atoms with E-state index in [1.807, 2.05) is 0 Å². The van der Waals surface area contributed by atoms with E-state index in [1.165, 1.54) is 0 Å². The van der Waals surface area contributed by atoms with Gasteiger partial charge in [-0.1, -0.05) is 42.8 Å². The summed E-state index contributed by atoms with van der Waals surface area (Å²) in [5.74, 6) is -0.391. The molecule has 0 spiro atoms. The van der Waals surface area contributed by atoms with E-state index in [1.54, 1.807) is 12.1 Å². The monoisotopic (exact) mass is 303 g/mol. The Morgan fingerprint density at radius 3 is 2.39 bits per heavy atom. The number of fused-ring (bicyclic) bond motifs is 1. The molecule has 0 saturated carbocycles. The minimum atomic E-state index is -1.62. The number of amides is 1. The molecule has 0 bridgehead atoms. The first kappa shape index (κ1) is 13.9. The molecular weight excluding hydrogens is 289 g/mol. The Balaban J connectivity index is 2.53. The molecule has 0 saturated heterocycles. The summed E-state index contributed by atoms with van der Waals surface area (Å²) in [5, 5.41) is 14.1. The minimum absolute atomic E-state index is 0.348. The zero-order valence-corrected chi connectivity index (χ0v) is 13.0. The van der Waals surface area contributed by atoms with E-state index in [0.717, 1.165) is 0 Å². The van der Waals surface area contributed by atoms with Crippen molar-refractivity contribution in [2.75, 3.05) is 5.32 Å². The molecule has 3 nitrogen and oxygen atoms in total. The standard InChI is InChI=1S/C12H15Cl2NO2Si/c1-18(2,3)6-12(17)7-4-8(13)9(14)5-10(7)15-11(12)16/h4-5,17H,6H2,1-3H3,(H,15,16). The Morgan fingerprint density at radius 1 is 1.28 bits per heavy atom. The number of carbonyl (C=O) groups excluding carboxylic acids is 1. The van der Waals surface area contributed by atoms with Gasteiger partial charge >= 0.3 is 0 Å². The molecule has 1 aliphatic rings. The van der Waals surface area contributed by atoms with Gasteiger partial charge in [-0.2, -0.15) is 0 Å². The highest BCUT2D eigenvalue weighted by Crippen LogP contribution is 2.44. The molecule has 0 radical (unpaired) electrons. The Labute approximate surface area is 117 Å². The van der Waals surface area contributed by atoms with Gasteiger partial charge in [0.25, 0.3) is 5.91 Å². The van der Waals surface area contributed by atoms with Gasteiger partial charge in [-0.05, 0) is 18.2 Å². The minimum Gasteiger partial charge on any atom is -0.375 e. The van der Waals surface area contributed by atoms with Crippen molar-refractivity contribution < 1.29 is 9.90 Å². The highest BCUT2D eigenvalue weighted by atomic mass is 35.5. The van der Waals surface area contributed by atoms with Crippen LogP contribution in [0.2, 0.25) is 35.7 Å². The Bertz CT molecular complexity index is 528. The van der Waals surface area contributed by atoms with Crippen molar-refractivity contribution in [2.45, 2.75) is 31.3 Å². The van der Waals surface area contributed by atoms with Crippen LogP contribution in [0.1, 0.15) is 5.56 Å². The SMILES string of the molecule is C[Si](C)(C)CC1(O)C(=O)Nc2cc(Cl)c(Cl)cc21. The van der Waals surface area contributed by atoms with Gasteiger partial charge in [0.05, 0.1) is 10.0 Å². The molecule has 1 unspecified atom stereocenters. The van der Waals surface area contributed by atoms with Crippen molar-refractivity contribution in [3.05, 3.63) is 27.7 Å². The fourth-order valence-electron chi connectivity index (χ4n) is 2.28. The van der Waals surface area contributed by atoms with Crippen LogP contribution in [0.15, 0.2) is 12.1 Å². The van der Waals surface area contributed by atoms with E-state index >= 15 is 0 Å². The van der Waals surface area contributed by atoms with Crippen LogP contribution >= 0.6 is 23.2 Å². The molecule has 1 aromatic rings. The lowest BCUT2D eigenvalue weighted by atomic mass is 9.98. The van der Waals surface area contributed by atoms with Crippen LogP contribution in [-0.2, 0) is 10.4 Å². The van der Waals surface area contributed by atoms with E-state index < -0.39 is 19.6 Å². The number of benzene rings is 1. The number of carbonyl (C=O) groups is 1. The molecule has 1 amide bonds. The van der Waals surface area contributed by atoms with Gasteiger partial charge in [-0.15, -0.1) is 0 Å². The maximum Gasteiger partial charge on any atom is 0.260 e. The smallest absolute Gasteiger partial charge is 0.260 e. The average Bonchev–Trinajstić information content (AvgIpc) is 2.39. The predicted molar refractivity (Wildman–Crippen MR) is 77.1 cm³/mol. The molecule has 0 aromatic heterocycles. The van der Waals surface area contributed by atoms with Crippen LogP contribution < -0.4 is 5.32 Å². The molecule has 1 heterocycles. The van der Waals surface area contributed by atoms with Crippen LogP contribution in [0.5, 0.6) is 0 Å². The Kier molecular flexibility index (Phi) is 3.26. The van der Waals surface area contributed by atoms with E-state index in [0.29, 0.717) is 27.3 Å². The molecule has 18 heavy (non-hydrogen) atoms. The maximum absolute atomic E-state index is 12.0. The van der Waals surface area contributed by atoms with E-state index in [-0.39, 0.29) is 0 Å². The third-order valence-corrected chi connectivity index (χ3v) is 5.21. The second kappa shape index (κ2) is 4.23. The first-order valence-electron chi connectivity index (χ1n) is 5.67. The first-order chi connectivity index (χ1) is 8.13. The van der Waals surface area contributed by atoms with Gasteiger partial charge in [0.2, 0.25) is 0 Å². The summed E-state index contributed by atoms with van der Waals surface area (Å²) < 4.78 is 0. The molecular formula is C12H15Cl2NO2Si. The van der Waals surface area contributed by atoms with E-state index in [2.05, 4.69) is 25.0 Å². The number of rotatable bonds is 2. The molecule has 2 rings (SSSR count). The third kappa shape index (κ3) is 2.30. The molecule has 2 N–H and O–H groups in total. The van der Waals surface area contributed by atoms with Crippen LogP contribution in [0, 0.1) is 0 Å². The van der Waals surface area contributed by atoms with E-state index in [9.17, 15) is 9.90 Å². The largest absolute Gasteiger partial charge is 0.375 e. The summed E-state index contributed by atoms with van der Waals surface area (Å²) in [6.07, 6.45) is 0. The third-order valence-electron chi connectivity index (χ3n) is 2.92. The topological polar surface area (TPSA) is 49.3 Å². The predicted octanol–water partition coefficient (Wildman–Crippen LogP) is 3.47. The van der Waals surface area contributed by atoms with Crippen LogP contribution in [0.4, 0.5) is 5.69 Å². The lowest BCUT2D eigenvalue weighted by Gasteiger charge is -2.28. The second-order valence-corrected chi connectivity index (χ2v) is 12.2. The molecule has 0 aliphatic carbocycles. The normalized spacial score (nSPS) is 22.9. The van der Waals surface area contributed by atoms with Crippen LogP contribution in [-0.4, -0.2) is 19.1 Å². The molecule has 6 heteroatoms. The summed E-state index contributed by atoms with van der Waals surface area (Å²) in [6.45, 7) is 6.31. The highest BCUT2D eigenvalue weighted by Gasteiger charge is 2.48. The molecule has 1 aromatic carbocycles. The van der Waals surface area contributed by atoms with Crippen molar-refractivity contribution in [3.63, 3.8) is 0 Å². The second-order valence-electron chi connectivity index (χ2n) is 5.86.